The summed E-state index contributed by atoms with van der Waals surface area (Å²) in [5, 5.41) is 6.75. The summed E-state index contributed by atoms with van der Waals surface area (Å²) in [5.74, 6) is 0. The molecular weight excluding hydrogens is 188 g/mol. The summed E-state index contributed by atoms with van der Waals surface area (Å²) < 4.78 is 2.07. The van der Waals surface area contributed by atoms with Crippen LogP contribution in [-0.4, -0.2) is 19.6 Å². The highest BCUT2D eigenvalue weighted by Gasteiger charge is 2.02. The maximum Gasteiger partial charge on any atom is 0.136 e. The van der Waals surface area contributed by atoms with E-state index in [1.807, 2.05) is 37.6 Å². The number of fused-ring (bicyclic) bond motifs is 1. The Labute approximate surface area is 86.6 Å². The largest absolute Gasteiger partial charge is 0.304 e. The van der Waals surface area contributed by atoms with Crippen LogP contribution < -0.4 is 0 Å². The summed E-state index contributed by atoms with van der Waals surface area (Å²) >= 11 is 0. The Morgan fingerprint density at radius 3 is 2.93 bits per heavy atom. The summed E-state index contributed by atoms with van der Waals surface area (Å²) in [6.07, 6.45) is 7.64. The molecule has 0 radical (unpaired) electrons. The van der Waals surface area contributed by atoms with E-state index >= 15 is 0 Å². The van der Waals surface area contributed by atoms with E-state index in [1.54, 1.807) is 0 Å². The molecule has 0 saturated carbocycles. The summed E-state index contributed by atoms with van der Waals surface area (Å²) in [6, 6.07) is 4.06. The third-order valence-electron chi connectivity index (χ3n) is 2.52. The predicted octanol–water partition coefficient (Wildman–Crippen LogP) is 2.03. The van der Waals surface area contributed by atoms with Gasteiger partial charge in [0.15, 0.2) is 0 Å². The predicted molar refractivity (Wildman–Crippen MR) is 57.5 cm³/mol. The molecule has 0 aliphatic heterocycles. The Hall–Kier alpha value is -2.10. The molecule has 4 nitrogen and oxygen atoms in total. The lowest BCUT2D eigenvalue weighted by Gasteiger charge is -2.00. The SMILES string of the molecule is Cc1cnc2ccc(-c3cn[nH]c3)cn12. The molecule has 74 valence electrons. The summed E-state index contributed by atoms with van der Waals surface area (Å²) in [7, 11) is 0. The molecule has 3 rings (SSSR count). The molecule has 0 aliphatic rings. The maximum absolute atomic E-state index is 4.28. The van der Waals surface area contributed by atoms with Crippen LogP contribution in [-0.2, 0) is 0 Å². The van der Waals surface area contributed by atoms with Crippen LogP contribution in [0, 0.1) is 6.92 Å². The van der Waals surface area contributed by atoms with Crippen LogP contribution in [0.3, 0.4) is 0 Å². The molecule has 0 fully saturated rings. The van der Waals surface area contributed by atoms with Gasteiger partial charge in [0, 0.05) is 35.4 Å². The Bertz CT molecular complexity index is 592. The third kappa shape index (κ3) is 1.22. The standard InChI is InChI=1S/C11H10N4/c1-8-4-12-11-3-2-9(7-15(8)11)10-5-13-14-6-10/h2-7H,1H3,(H,13,14). The van der Waals surface area contributed by atoms with Gasteiger partial charge in [-0.15, -0.1) is 0 Å². The molecule has 0 bridgehead atoms. The van der Waals surface area contributed by atoms with Crippen molar-refractivity contribution in [1.29, 1.82) is 0 Å². The second-order valence-electron chi connectivity index (χ2n) is 3.53. The third-order valence-corrected chi connectivity index (χ3v) is 2.52. The minimum Gasteiger partial charge on any atom is -0.304 e. The van der Waals surface area contributed by atoms with Crippen LogP contribution in [0.1, 0.15) is 5.69 Å². The fourth-order valence-electron chi connectivity index (χ4n) is 1.68. The number of hydrogen-bond donors (Lipinski definition) is 1. The van der Waals surface area contributed by atoms with E-state index in [2.05, 4.69) is 25.8 Å². The topological polar surface area (TPSA) is 46.0 Å². The van der Waals surface area contributed by atoms with Crippen LogP contribution >= 0.6 is 0 Å². The highest BCUT2D eigenvalue weighted by Crippen LogP contribution is 2.18. The van der Waals surface area contributed by atoms with Gasteiger partial charge in [-0.3, -0.25) is 5.10 Å². The highest BCUT2D eigenvalue weighted by molar-refractivity contribution is 5.63. The van der Waals surface area contributed by atoms with E-state index < -0.39 is 0 Å². The van der Waals surface area contributed by atoms with Gasteiger partial charge >= 0.3 is 0 Å². The van der Waals surface area contributed by atoms with Gasteiger partial charge in [0.05, 0.1) is 6.20 Å². The zero-order chi connectivity index (χ0) is 10.3. The summed E-state index contributed by atoms with van der Waals surface area (Å²) in [5.41, 5.74) is 4.33. The molecule has 0 saturated heterocycles. The van der Waals surface area contributed by atoms with Gasteiger partial charge in [-0.2, -0.15) is 5.10 Å². The molecule has 4 heteroatoms. The minimum absolute atomic E-state index is 0.972. The average Bonchev–Trinajstić information content (AvgIpc) is 2.88. The van der Waals surface area contributed by atoms with Crippen molar-refractivity contribution >= 4 is 5.65 Å². The van der Waals surface area contributed by atoms with E-state index in [1.165, 1.54) is 0 Å². The van der Waals surface area contributed by atoms with Crippen molar-refractivity contribution < 1.29 is 0 Å². The second kappa shape index (κ2) is 2.95. The van der Waals surface area contributed by atoms with Gasteiger partial charge in [0.2, 0.25) is 0 Å². The van der Waals surface area contributed by atoms with Gasteiger partial charge in [-0.25, -0.2) is 4.98 Å². The zero-order valence-electron chi connectivity index (χ0n) is 8.31. The maximum atomic E-state index is 4.28. The van der Waals surface area contributed by atoms with Crippen LogP contribution in [0.5, 0.6) is 0 Å². The van der Waals surface area contributed by atoms with E-state index in [4.69, 9.17) is 0 Å². The van der Waals surface area contributed by atoms with Crippen molar-refractivity contribution in [3.8, 4) is 11.1 Å². The first kappa shape index (κ1) is 8.23. The number of rotatable bonds is 1. The lowest BCUT2D eigenvalue weighted by atomic mass is 10.2. The first-order chi connectivity index (χ1) is 7.34. The number of hydrogen-bond acceptors (Lipinski definition) is 2. The molecule has 0 atom stereocenters. The van der Waals surface area contributed by atoms with Crippen molar-refractivity contribution in [1.82, 2.24) is 19.6 Å². The van der Waals surface area contributed by atoms with Gasteiger partial charge < -0.3 is 4.40 Å². The van der Waals surface area contributed by atoms with Crippen molar-refractivity contribution in [3.05, 3.63) is 42.6 Å². The van der Waals surface area contributed by atoms with Crippen molar-refractivity contribution in [3.63, 3.8) is 0 Å². The van der Waals surface area contributed by atoms with Crippen LogP contribution in [0.15, 0.2) is 36.9 Å². The van der Waals surface area contributed by atoms with Crippen molar-refractivity contribution in [2.75, 3.05) is 0 Å². The molecule has 3 heterocycles. The van der Waals surface area contributed by atoms with Gasteiger partial charge in [0.25, 0.3) is 0 Å². The molecule has 0 aromatic carbocycles. The van der Waals surface area contributed by atoms with Gasteiger partial charge in [-0.05, 0) is 19.1 Å². The number of H-pyrrole nitrogens is 1. The quantitative estimate of drug-likeness (QED) is 0.650. The molecule has 1 N–H and O–H groups in total. The molecule has 0 aliphatic carbocycles. The van der Waals surface area contributed by atoms with E-state index in [9.17, 15) is 0 Å². The Morgan fingerprint density at radius 1 is 1.20 bits per heavy atom. The Kier molecular flexibility index (Phi) is 1.62. The Balaban J connectivity index is 2.25. The van der Waals surface area contributed by atoms with Gasteiger partial charge in [0.1, 0.15) is 5.65 Å². The number of nitrogens with zero attached hydrogens (tertiary/aromatic N) is 3. The molecule has 3 aromatic heterocycles. The molecular formula is C11H10N4. The summed E-state index contributed by atoms with van der Waals surface area (Å²) in [6.45, 7) is 2.04. The van der Waals surface area contributed by atoms with Gasteiger partial charge in [-0.1, -0.05) is 0 Å². The fourth-order valence-corrected chi connectivity index (χ4v) is 1.68. The second-order valence-corrected chi connectivity index (χ2v) is 3.53. The number of nitrogens with one attached hydrogen (secondary N) is 1. The zero-order valence-corrected chi connectivity index (χ0v) is 8.31. The smallest absolute Gasteiger partial charge is 0.136 e. The Morgan fingerprint density at radius 2 is 2.13 bits per heavy atom. The van der Waals surface area contributed by atoms with Crippen LogP contribution in [0.2, 0.25) is 0 Å². The molecule has 3 aromatic rings. The lowest BCUT2D eigenvalue weighted by Crippen LogP contribution is -1.87. The fraction of sp³-hybridized carbons (Fsp3) is 0.0909. The molecule has 15 heavy (non-hydrogen) atoms. The first-order valence-electron chi connectivity index (χ1n) is 4.77. The van der Waals surface area contributed by atoms with Crippen LogP contribution in [0.4, 0.5) is 0 Å². The number of aromatic amines is 1. The average molecular weight is 198 g/mol. The normalized spacial score (nSPS) is 11.0. The minimum atomic E-state index is 0.972. The molecule has 0 amide bonds. The van der Waals surface area contributed by atoms with E-state index in [0.717, 1.165) is 22.5 Å². The molecule has 0 spiro atoms. The first-order valence-corrected chi connectivity index (χ1v) is 4.77. The summed E-state index contributed by atoms with van der Waals surface area (Å²) in [4.78, 5) is 4.28. The number of pyridine rings is 1. The van der Waals surface area contributed by atoms with E-state index in [-0.39, 0.29) is 0 Å². The van der Waals surface area contributed by atoms with Crippen molar-refractivity contribution in [2.24, 2.45) is 0 Å². The van der Waals surface area contributed by atoms with Crippen molar-refractivity contribution in [2.45, 2.75) is 6.92 Å². The number of aromatic nitrogens is 4. The lowest BCUT2D eigenvalue weighted by molar-refractivity contribution is 1.09. The number of aryl methyl sites for hydroxylation is 1. The highest BCUT2D eigenvalue weighted by atomic mass is 15.1. The van der Waals surface area contributed by atoms with E-state index in [0.29, 0.717) is 0 Å². The number of imidazole rings is 1. The molecule has 0 unspecified atom stereocenters. The van der Waals surface area contributed by atoms with Crippen LogP contribution in [0.25, 0.3) is 16.8 Å². The monoisotopic (exact) mass is 198 g/mol.